The number of hydrogen-bond donors (Lipinski definition) is 0. The molecule has 0 amide bonds. The van der Waals surface area contributed by atoms with E-state index < -0.39 is 10.8 Å². The molecule has 0 spiro atoms. The van der Waals surface area contributed by atoms with Gasteiger partial charge in [-0.1, -0.05) is 6.92 Å². The second kappa shape index (κ2) is 4.74. The number of Topliss-reactive ketones (excluding diaryl/α,β-unsaturated/α-hetero) is 1. The number of hydrogen-bond acceptors (Lipinski definition) is 3. The van der Waals surface area contributed by atoms with Crippen molar-refractivity contribution in [2.24, 2.45) is 5.92 Å². The minimum absolute atomic E-state index is 0.00804. The smallest absolute Gasteiger partial charge is 0.136 e. The molecule has 0 bridgehead atoms. The third-order valence-corrected chi connectivity index (χ3v) is 5.91. The SMILES string of the molecule is CC1C(=O)CCC1S(=O)C1CCOCC1. The van der Waals surface area contributed by atoms with E-state index in [2.05, 4.69) is 0 Å². The summed E-state index contributed by atoms with van der Waals surface area (Å²) in [5.74, 6) is 0.300. The van der Waals surface area contributed by atoms with Gasteiger partial charge in [0.1, 0.15) is 5.78 Å². The Hall–Kier alpha value is -0.220. The topological polar surface area (TPSA) is 43.4 Å². The summed E-state index contributed by atoms with van der Waals surface area (Å²) >= 11 is 0. The quantitative estimate of drug-likeness (QED) is 0.718. The van der Waals surface area contributed by atoms with Crippen LogP contribution in [0.3, 0.4) is 0 Å². The van der Waals surface area contributed by atoms with Crippen molar-refractivity contribution in [3.8, 4) is 0 Å². The molecule has 1 aliphatic heterocycles. The van der Waals surface area contributed by atoms with Crippen LogP contribution < -0.4 is 0 Å². The molecule has 0 aromatic rings. The van der Waals surface area contributed by atoms with E-state index in [0.29, 0.717) is 12.2 Å². The van der Waals surface area contributed by atoms with Gasteiger partial charge in [0.25, 0.3) is 0 Å². The Kier molecular flexibility index (Phi) is 3.57. The van der Waals surface area contributed by atoms with Crippen molar-refractivity contribution in [2.75, 3.05) is 13.2 Å². The molecule has 2 rings (SSSR count). The molecule has 4 heteroatoms. The maximum atomic E-state index is 12.3. The van der Waals surface area contributed by atoms with Crippen LogP contribution in [0.2, 0.25) is 0 Å². The summed E-state index contributed by atoms with van der Waals surface area (Å²) < 4.78 is 17.5. The Balaban J connectivity index is 1.98. The van der Waals surface area contributed by atoms with Gasteiger partial charge in [-0.3, -0.25) is 9.00 Å². The predicted molar refractivity (Wildman–Crippen MR) is 59.2 cm³/mol. The van der Waals surface area contributed by atoms with Crippen LogP contribution in [0.15, 0.2) is 0 Å². The third-order valence-electron chi connectivity index (χ3n) is 3.54. The average molecular weight is 230 g/mol. The summed E-state index contributed by atoms with van der Waals surface area (Å²) in [7, 11) is -0.833. The molecule has 1 saturated carbocycles. The molecule has 3 unspecified atom stereocenters. The second-order valence-electron chi connectivity index (χ2n) is 4.47. The molecule has 3 nitrogen and oxygen atoms in total. The van der Waals surface area contributed by atoms with E-state index in [-0.39, 0.29) is 16.4 Å². The van der Waals surface area contributed by atoms with E-state index >= 15 is 0 Å². The molecule has 0 N–H and O–H groups in total. The van der Waals surface area contributed by atoms with Crippen LogP contribution in [0.4, 0.5) is 0 Å². The highest BCUT2D eigenvalue weighted by Crippen LogP contribution is 2.30. The monoisotopic (exact) mass is 230 g/mol. The molecule has 1 heterocycles. The fourth-order valence-electron chi connectivity index (χ4n) is 2.44. The van der Waals surface area contributed by atoms with Crippen LogP contribution in [-0.2, 0) is 20.3 Å². The van der Waals surface area contributed by atoms with Gasteiger partial charge in [-0.05, 0) is 19.3 Å². The van der Waals surface area contributed by atoms with Crippen molar-refractivity contribution in [2.45, 2.75) is 43.1 Å². The zero-order valence-corrected chi connectivity index (χ0v) is 9.92. The van der Waals surface area contributed by atoms with Crippen LogP contribution in [0.25, 0.3) is 0 Å². The van der Waals surface area contributed by atoms with Crippen molar-refractivity contribution in [3.63, 3.8) is 0 Å². The number of carbonyl (C=O) groups excluding carboxylic acids is 1. The van der Waals surface area contributed by atoms with Gasteiger partial charge in [-0.2, -0.15) is 0 Å². The number of ether oxygens (including phenoxy) is 1. The molecule has 1 aliphatic carbocycles. The predicted octanol–water partition coefficient (Wildman–Crippen LogP) is 1.28. The van der Waals surface area contributed by atoms with E-state index in [1.54, 1.807) is 0 Å². The zero-order chi connectivity index (χ0) is 10.8. The third kappa shape index (κ3) is 2.31. The highest BCUT2D eigenvalue weighted by Gasteiger charge is 2.38. The lowest BCUT2D eigenvalue weighted by molar-refractivity contribution is -0.120. The van der Waals surface area contributed by atoms with Crippen LogP contribution in [0.5, 0.6) is 0 Å². The average Bonchev–Trinajstić information content (AvgIpc) is 2.60. The van der Waals surface area contributed by atoms with Crippen molar-refractivity contribution in [3.05, 3.63) is 0 Å². The first kappa shape index (κ1) is 11.3. The zero-order valence-electron chi connectivity index (χ0n) is 9.11. The normalized spacial score (nSPS) is 35.7. The first-order chi connectivity index (χ1) is 7.20. The van der Waals surface area contributed by atoms with Gasteiger partial charge >= 0.3 is 0 Å². The molecule has 3 atom stereocenters. The Morgan fingerprint density at radius 2 is 1.93 bits per heavy atom. The Labute approximate surface area is 93.0 Å². The molecule has 86 valence electrons. The highest BCUT2D eigenvalue weighted by atomic mass is 32.2. The molecular formula is C11H18O3S. The fourth-order valence-corrected chi connectivity index (χ4v) is 4.50. The summed E-state index contributed by atoms with van der Waals surface area (Å²) in [4.78, 5) is 11.4. The first-order valence-corrected chi connectivity index (χ1v) is 6.97. The van der Waals surface area contributed by atoms with Crippen molar-refractivity contribution in [1.82, 2.24) is 0 Å². The second-order valence-corrected chi connectivity index (χ2v) is 6.40. The lowest BCUT2D eigenvalue weighted by atomic mass is 10.1. The number of rotatable bonds is 2. The van der Waals surface area contributed by atoms with Crippen molar-refractivity contribution >= 4 is 16.6 Å². The molecule has 0 radical (unpaired) electrons. The fraction of sp³-hybridized carbons (Fsp3) is 0.909. The molecule has 2 fully saturated rings. The van der Waals surface area contributed by atoms with Crippen LogP contribution >= 0.6 is 0 Å². The largest absolute Gasteiger partial charge is 0.381 e. The summed E-state index contributed by atoms with van der Waals surface area (Å²) in [6.45, 7) is 3.38. The lowest BCUT2D eigenvalue weighted by Gasteiger charge is -2.25. The minimum Gasteiger partial charge on any atom is -0.381 e. The standard InChI is InChI=1S/C11H18O3S/c1-8-10(12)2-3-11(8)15(13)9-4-6-14-7-5-9/h8-9,11H,2-7H2,1H3. The highest BCUT2D eigenvalue weighted by molar-refractivity contribution is 7.86. The number of ketones is 1. The van der Waals surface area contributed by atoms with Crippen LogP contribution in [0, 0.1) is 5.92 Å². The van der Waals surface area contributed by atoms with Crippen molar-refractivity contribution < 1.29 is 13.7 Å². The van der Waals surface area contributed by atoms with Gasteiger partial charge in [-0.15, -0.1) is 0 Å². The van der Waals surface area contributed by atoms with Gasteiger partial charge in [0.15, 0.2) is 0 Å². The van der Waals surface area contributed by atoms with E-state index in [1.165, 1.54) is 0 Å². The lowest BCUT2D eigenvalue weighted by Crippen LogP contribution is -2.33. The molecule has 2 aliphatic rings. The van der Waals surface area contributed by atoms with Gasteiger partial charge in [0.2, 0.25) is 0 Å². The first-order valence-electron chi connectivity index (χ1n) is 5.70. The molecule has 0 aromatic carbocycles. The molecule has 1 saturated heterocycles. The van der Waals surface area contributed by atoms with E-state index in [0.717, 1.165) is 32.5 Å². The van der Waals surface area contributed by atoms with Crippen LogP contribution in [-0.4, -0.2) is 33.7 Å². The summed E-state index contributed by atoms with van der Waals surface area (Å²) in [6.07, 6.45) is 3.23. The number of carbonyl (C=O) groups is 1. The molecule has 15 heavy (non-hydrogen) atoms. The van der Waals surface area contributed by atoms with E-state index in [9.17, 15) is 9.00 Å². The van der Waals surface area contributed by atoms with Gasteiger partial charge in [0, 0.05) is 46.9 Å². The molecule has 0 aromatic heterocycles. The van der Waals surface area contributed by atoms with Crippen molar-refractivity contribution in [1.29, 1.82) is 0 Å². The van der Waals surface area contributed by atoms with Crippen LogP contribution in [0.1, 0.15) is 32.6 Å². The summed E-state index contributed by atoms with van der Waals surface area (Å²) in [6, 6.07) is 0. The Morgan fingerprint density at radius 1 is 1.27 bits per heavy atom. The summed E-state index contributed by atoms with van der Waals surface area (Å²) in [5.41, 5.74) is 0. The minimum atomic E-state index is -0.833. The van der Waals surface area contributed by atoms with E-state index in [1.807, 2.05) is 6.92 Å². The van der Waals surface area contributed by atoms with Gasteiger partial charge in [-0.25, -0.2) is 0 Å². The maximum absolute atomic E-state index is 12.3. The van der Waals surface area contributed by atoms with Gasteiger partial charge < -0.3 is 4.74 Å². The summed E-state index contributed by atoms with van der Waals surface area (Å²) in [5, 5.41) is 0.373. The Morgan fingerprint density at radius 3 is 2.47 bits per heavy atom. The Bertz CT molecular complexity index is 271. The van der Waals surface area contributed by atoms with E-state index in [4.69, 9.17) is 4.74 Å². The maximum Gasteiger partial charge on any atom is 0.136 e. The molecular weight excluding hydrogens is 212 g/mol. The van der Waals surface area contributed by atoms with Gasteiger partial charge in [0.05, 0.1) is 0 Å².